The molecule has 0 aliphatic carbocycles. The van der Waals surface area contributed by atoms with Crippen molar-refractivity contribution < 1.29 is 14.5 Å². The molecule has 0 radical (unpaired) electrons. The third-order valence-electron chi connectivity index (χ3n) is 2.71. The summed E-state index contributed by atoms with van der Waals surface area (Å²) in [6.07, 6.45) is 2.86. The molecule has 0 aliphatic heterocycles. The number of nitrogens with zero attached hydrogens (tertiary/aromatic N) is 4. The molecule has 0 saturated carbocycles. The molecule has 116 valence electrons. The summed E-state index contributed by atoms with van der Waals surface area (Å²) >= 11 is 0. The highest BCUT2D eigenvalue weighted by molar-refractivity contribution is 5.94. The minimum Gasteiger partial charge on any atom is -0.462 e. The Kier molecular flexibility index (Phi) is 7.15. The molecule has 8 heteroatoms. The van der Waals surface area contributed by atoms with Crippen molar-refractivity contribution in [2.75, 3.05) is 13.2 Å². The number of hydrogen-bond donors (Lipinski definition) is 0. The zero-order valence-corrected chi connectivity index (χ0v) is 12.1. The summed E-state index contributed by atoms with van der Waals surface area (Å²) in [4.78, 5) is 24.7. The molecule has 1 rings (SSSR count). The average molecular weight is 304 g/mol. The van der Waals surface area contributed by atoms with Gasteiger partial charge in [-0.3, -0.25) is 10.1 Å². The highest BCUT2D eigenvalue weighted by Gasteiger charge is 2.17. The Hall–Kier alpha value is -2.86. The van der Waals surface area contributed by atoms with Gasteiger partial charge in [0.15, 0.2) is 0 Å². The number of esters is 1. The molecule has 0 spiro atoms. The van der Waals surface area contributed by atoms with E-state index in [1.165, 1.54) is 6.08 Å². The van der Waals surface area contributed by atoms with E-state index in [4.69, 9.17) is 10.3 Å². The maximum Gasteiger partial charge on any atom is 0.340 e. The van der Waals surface area contributed by atoms with E-state index in [0.29, 0.717) is 12.0 Å². The Morgan fingerprint density at radius 3 is 2.86 bits per heavy atom. The molecule has 0 unspecified atom stereocenters. The maximum atomic E-state index is 11.9. The lowest BCUT2D eigenvalue weighted by Gasteiger charge is -2.06. The van der Waals surface area contributed by atoms with Crippen molar-refractivity contribution in [3.63, 3.8) is 0 Å². The van der Waals surface area contributed by atoms with E-state index in [1.807, 2.05) is 6.92 Å². The van der Waals surface area contributed by atoms with Crippen molar-refractivity contribution >= 4 is 17.7 Å². The van der Waals surface area contributed by atoms with E-state index in [2.05, 4.69) is 10.0 Å². The quantitative estimate of drug-likeness (QED) is 0.106. The molecule has 1 aromatic carbocycles. The second kappa shape index (κ2) is 9.15. The second-order valence-corrected chi connectivity index (χ2v) is 4.40. The third-order valence-corrected chi connectivity index (χ3v) is 2.71. The molecule has 0 fully saturated rings. The first-order chi connectivity index (χ1) is 10.6. The number of ether oxygens (including phenoxy) is 1. The molecule has 0 heterocycles. The molecule has 0 aliphatic rings. The van der Waals surface area contributed by atoms with Crippen LogP contribution < -0.4 is 0 Å². The smallest absolute Gasteiger partial charge is 0.340 e. The largest absolute Gasteiger partial charge is 0.462 e. The lowest BCUT2D eigenvalue weighted by molar-refractivity contribution is -0.470. The standard InChI is InChI=1S/C14H16N4O4/c1-2-3-8-22-14(19)12(10-18(20)21)9-11-6-4-5-7-13(11)16-17-15/h4-7,9H,2-3,8,10H2,1H3/b12-9+. The van der Waals surface area contributed by atoms with Gasteiger partial charge < -0.3 is 4.74 Å². The van der Waals surface area contributed by atoms with Crippen LogP contribution in [0.4, 0.5) is 5.69 Å². The van der Waals surface area contributed by atoms with Crippen LogP contribution in [0.25, 0.3) is 16.5 Å². The Morgan fingerprint density at radius 2 is 2.23 bits per heavy atom. The molecular formula is C14H16N4O4. The van der Waals surface area contributed by atoms with Crippen LogP contribution in [0.15, 0.2) is 35.0 Å². The zero-order valence-electron chi connectivity index (χ0n) is 12.1. The fourth-order valence-electron chi connectivity index (χ4n) is 1.65. The van der Waals surface area contributed by atoms with E-state index < -0.39 is 17.4 Å². The Morgan fingerprint density at radius 1 is 1.50 bits per heavy atom. The fourth-order valence-corrected chi connectivity index (χ4v) is 1.65. The van der Waals surface area contributed by atoms with Crippen LogP contribution in [0.1, 0.15) is 25.3 Å². The predicted molar refractivity (Wildman–Crippen MR) is 81.0 cm³/mol. The van der Waals surface area contributed by atoms with Gasteiger partial charge in [0.2, 0.25) is 6.54 Å². The highest BCUT2D eigenvalue weighted by atomic mass is 16.6. The van der Waals surface area contributed by atoms with E-state index in [-0.39, 0.29) is 17.9 Å². The number of carbonyl (C=O) groups excluding carboxylic acids is 1. The third kappa shape index (κ3) is 5.64. The molecule has 0 atom stereocenters. The van der Waals surface area contributed by atoms with E-state index >= 15 is 0 Å². The van der Waals surface area contributed by atoms with Crippen molar-refractivity contribution in [3.05, 3.63) is 56.0 Å². The molecule has 22 heavy (non-hydrogen) atoms. The van der Waals surface area contributed by atoms with Crippen molar-refractivity contribution in [2.24, 2.45) is 5.11 Å². The summed E-state index contributed by atoms with van der Waals surface area (Å²) < 4.78 is 5.00. The van der Waals surface area contributed by atoms with Gasteiger partial charge in [0.05, 0.1) is 6.61 Å². The lowest BCUT2D eigenvalue weighted by atomic mass is 10.1. The maximum absolute atomic E-state index is 11.9. The van der Waals surface area contributed by atoms with Crippen molar-refractivity contribution in [2.45, 2.75) is 19.8 Å². The summed E-state index contributed by atoms with van der Waals surface area (Å²) in [5.41, 5.74) is 9.12. The van der Waals surface area contributed by atoms with Gasteiger partial charge in [-0.05, 0) is 23.6 Å². The lowest BCUT2D eigenvalue weighted by Crippen LogP contribution is -2.16. The molecule has 0 aromatic heterocycles. The van der Waals surface area contributed by atoms with Gasteiger partial charge in [-0.25, -0.2) is 4.79 Å². The molecule has 0 amide bonds. The number of nitro groups is 1. The molecule has 0 saturated heterocycles. The van der Waals surface area contributed by atoms with Crippen LogP contribution in [0.5, 0.6) is 0 Å². The highest BCUT2D eigenvalue weighted by Crippen LogP contribution is 2.22. The minimum absolute atomic E-state index is 0.0957. The molecule has 1 aromatic rings. The summed E-state index contributed by atoms with van der Waals surface area (Å²) in [5, 5.41) is 14.2. The SMILES string of the molecule is CCCCOC(=O)/C(=C/c1ccccc1N=[N+]=[N-])C[N+](=O)[O-]. The minimum atomic E-state index is -0.735. The first kappa shape index (κ1) is 17.2. The van der Waals surface area contributed by atoms with E-state index in [9.17, 15) is 14.9 Å². The summed E-state index contributed by atoms with van der Waals surface area (Å²) in [6.45, 7) is 1.50. The van der Waals surface area contributed by atoms with E-state index in [0.717, 1.165) is 6.42 Å². The topological polar surface area (TPSA) is 118 Å². The fraction of sp³-hybridized carbons (Fsp3) is 0.357. The Labute approximate surface area is 127 Å². The summed E-state index contributed by atoms with van der Waals surface area (Å²) in [7, 11) is 0. The van der Waals surface area contributed by atoms with Crippen molar-refractivity contribution in [1.29, 1.82) is 0 Å². The average Bonchev–Trinajstić information content (AvgIpc) is 2.48. The van der Waals surface area contributed by atoms with Crippen LogP contribution in [-0.4, -0.2) is 24.0 Å². The number of unbranched alkanes of at least 4 members (excludes halogenated alkanes) is 1. The molecule has 8 nitrogen and oxygen atoms in total. The molecular weight excluding hydrogens is 288 g/mol. The van der Waals surface area contributed by atoms with Crippen LogP contribution in [-0.2, 0) is 9.53 Å². The second-order valence-electron chi connectivity index (χ2n) is 4.40. The number of hydrogen-bond acceptors (Lipinski definition) is 5. The number of azide groups is 1. The van der Waals surface area contributed by atoms with Gasteiger partial charge in [0.25, 0.3) is 0 Å². The monoisotopic (exact) mass is 304 g/mol. The number of carbonyl (C=O) groups is 1. The molecule has 0 bridgehead atoms. The van der Waals surface area contributed by atoms with Crippen LogP contribution in [0.2, 0.25) is 0 Å². The predicted octanol–water partition coefficient (Wildman–Crippen LogP) is 3.63. The normalized spacial score (nSPS) is 10.7. The number of rotatable bonds is 8. The van der Waals surface area contributed by atoms with Gasteiger partial charge in [-0.2, -0.15) is 0 Å². The van der Waals surface area contributed by atoms with Crippen LogP contribution in [0.3, 0.4) is 0 Å². The van der Waals surface area contributed by atoms with Crippen LogP contribution in [0, 0.1) is 10.1 Å². The van der Waals surface area contributed by atoms with Gasteiger partial charge in [-0.1, -0.05) is 42.7 Å². The van der Waals surface area contributed by atoms with Gasteiger partial charge in [0.1, 0.15) is 5.57 Å². The Balaban J connectivity index is 3.07. The van der Waals surface area contributed by atoms with Crippen molar-refractivity contribution in [3.8, 4) is 0 Å². The first-order valence-electron chi connectivity index (χ1n) is 6.72. The van der Waals surface area contributed by atoms with Gasteiger partial charge in [0, 0.05) is 15.5 Å². The molecule has 0 N–H and O–H groups in total. The van der Waals surface area contributed by atoms with E-state index in [1.54, 1.807) is 24.3 Å². The van der Waals surface area contributed by atoms with Gasteiger partial charge >= 0.3 is 5.97 Å². The summed E-state index contributed by atoms with van der Waals surface area (Å²) in [5.74, 6) is -0.735. The Bertz CT molecular complexity index is 621. The van der Waals surface area contributed by atoms with Crippen LogP contribution >= 0.6 is 0 Å². The van der Waals surface area contributed by atoms with Crippen molar-refractivity contribution in [1.82, 2.24) is 0 Å². The zero-order chi connectivity index (χ0) is 16.4. The summed E-state index contributed by atoms with van der Waals surface area (Å²) in [6, 6.07) is 6.49. The number of benzene rings is 1. The van der Waals surface area contributed by atoms with Gasteiger partial charge in [-0.15, -0.1) is 0 Å². The first-order valence-corrected chi connectivity index (χ1v) is 6.72.